The Bertz CT molecular complexity index is 1430. The van der Waals surface area contributed by atoms with Gasteiger partial charge in [-0.15, -0.1) is 0 Å². The van der Waals surface area contributed by atoms with Crippen LogP contribution in [0.25, 0.3) is 10.9 Å². The Kier molecular flexibility index (Phi) is 6.00. The molecule has 0 unspecified atom stereocenters. The second-order valence-corrected chi connectivity index (χ2v) is 7.24. The molecule has 0 aliphatic rings. The number of nitrogens with one attached hydrogen (secondary N) is 1. The van der Waals surface area contributed by atoms with Crippen molar-refractivity contribution in [2.45, 2.75) is 6.54 Å². The van der Waals surface area contributed by atoms with E-state index < -0.39 is 34.1 Å². The van der Waals surface area contributed by atoms with Gasteiger partial charge in [-0.1, -0.05) is 12.1 Å². The summed E-state index contributed by atoms with van der Waals surface area (Å²) in [4.78, 5) is 35.3. The van der Waals surface area contributed by atoms with Gasteiger partial charge in [-0.25, -0.2) is 13.6 Å². The number of rotatable bonds is 6. The molecule has 0 saturated carbocycles. The maximum atomic E-state index is 13.6. The van der Waals surface area contributed by atoms with E-state index in [4.69, 9.17) is 0 Å². The van der Waals surface area contributed by atoms with E-state index in [0.717, 1.165) is 25.3 Å². The monoisotopic (exact) mass is 466 g/mol. The number of hydrogen-bond donors (Lipinski definition) is 1. The molecule has 0 aliphatic heterocycles. The van der Waals surface area contributed by atoms with Crippen molar-refractivity contribution in [3.8, 4) is 0 Å². The van der Waals surface area contributed by atoms with Crippen LogP contribution in [0.5, 0.6) is 0 Å². The van der Waals surface area contributed by atoms with Gasteiger partial charge in [0.2, 0.25) is 0 Å². The number of amides is 1. The standard InChI is InChI=1S/C23H16F2N4O5/c1-34-23(31)14-6-7-18(20(10-14)29(32)33)22(30)26-21-17-4-2-3-5-19(17)28(27-21)12-13-8-15(24)11-16(25)9-13/h2-11H,12H2,1H3,(H,26,27,30). The SMILES string of the molecule is COC(=O)c1ccc(C(=O)Nc2nn(Cc3cc(F)cc(F)c3)c3ccccc23)c([N+](=O)[O-])c1. The zero-order valence-corrected chi connectivity index (χ0v) is 17.6. The molecule has 34 heavy (non-hydrogen) atoms. The molecular weight excluding hydrogens is 450 g/mol. The van der Waals surface area contributed by atoms with Crippen molar-refractivity contribution in [1.82, 2.24) is 9.78 Å². The van der Waals surface area contributed by atoms with Gasteiger partial charge < -0.3 is 10.1 Å². The second-order valence-electron chi connectivity index (χ2n) is 7.24. The molecule has 11 heteroatoms. The third-order valence-corrected chi connectivity index (χ3v) is 5.00. The molecule has 0 saturated heterocycles. The van der Waals surface area contributed by atoms with Crippen molar-refractivity contribution in [2.75, 3.05) is 12.4 Å². The van der Waals surface area contributed by atoms with Gasteiger partial charge in [-0.2, -0.15) is 5.10 Å². The third kappa shape index (κ3) is 4.44. The predicted molar refractivity (Wildman–Crippen MR) is 118 cm³/mol. The summed E-state index contributed by atoms with van der Waals surface area (Å²) in [5.74, 6) is -2.97. The number of esters is 1. The summed E-state index contributed by atoms with van der Waals surface area (Å²) in [6.45, 7) is 0.0129. The Morgan fingerprint density at radius 1 is 1.09 bits per heavy atom. The highest BCUT2D eigenvalue weighted by Crippen LogP contribution is 2.27. The van der Waals surface area contributed by atoms with Crippen molar-refractivity contribution in [1.29, 1.82) is 0 Å². The molecule has 0 fully saturated rings. The number of carbonyl (C=O) groups is 2. The van der Waals surface area contributed by atoms with Crippen LogP contribution in [0, 0.1) is 21.7 Å². The first-order chi connectivity index (χ1) is 16.3. The molecule has 1 amide bonds. The minimum atomic E-state index is -0.824. The Hall–Kier alpha value is -4.67. The van der Waals surface area contributed by atoms with Crippen molar-refractivity contribution >= 4 is 34.3 Å². The average Bonchev–Trinajstić information content (AvgIpc) is 3.14. The number of nitrogens with zero attached hydrogens (tertiary/aromatic N) is 3. The first kappa shape index (κ1) is 22.5. The number of ether oxygens (including phenoxy) is 1. The van der Waals surface area contributed by atoms with Crippen molar-refractivity contribution in [2.24, 2.45) is 0 Å². The van der Waals surface area contributed by atoms with Crippen LogP contribution in [-0.2, 0) is 11.3 Å². The number of para-hydroxylation sites is 1. The van der Waals surface area contributed by atoms with Crippen LogP contribution in [-0.4, -0.2) is 33.7 Å². The zero-order valence-electron chi connectivity index (χ0n) is 17.6. The summed E-state index contributed by atoms with van der Waals surface area (Å²) in [5.41, 5.74) is -0.0682. The van der Waals surface area contributed by atoms with Gasteiger partial charge in [0.05, 0.1) is 29.7 Å². The number of methoxy groups -OCH3 is 1. The van der Waals surface area contributed by atoms with E-state index in [0.29, 0.717) is 16.5 Å². The number of hydrogen-bond acceptors (Lipinski definition) is 6. The molecule has 0 spiro atoms. The third-order valence-electron chi connectivity index (χ3n) is 5.00. The molecule has 1 N–H and O–H groups in total. The summed E-state index contributed by atoms with van der Waals surface area (Å²) in [6.07, 6.45) is 0. The number of halogens is 2. The first-order valence-corrected chi connectivity index (χ1v) is 9.85. The highest BCUT2D eigenvalue weighted by atomic mass is 19.1. The van der Waals surface area contributed by atoms with Crippen LogP contribution < -0.4 is 5.32 Å². The number of carbonyl (C=O) groups excluding carboxylic acids is 2. The minimum Gasteiger partial charge on any atom is -0.465 e. The largest absolute Gasteiger partial charge is 0.465 e. The molecule has 4 aromatic rings. The quantitative estimate of drug-likeness (QED) is 0.257. The smallest absolute Gasteiger partial charge is 0.338 e. The lowest BCUT2D eigenvalue weighted by molar-refractivity contribution is -0.385. The van der Waals surface area contributed by atoms with E-state index in [1.807, 2.05) is 0 Å². The number of nitro groups is 1. The van der Waals surface area contributed by atoms with Crippen molar-refractivity contribution in [3.63, 3.8) is 0 Å². The van der Waals surface area contributed by atoms with Crippen LogP contribution in [0.3, 0.4) is 0 Å². The van der Waals surface area contributed by atoms with Crippen LogP contribution in [0.4, 0.5) is 20.3 Å². The lowest BCUT2D eigenvalue weighted by Crippen LogP contribution is -2.16. The Balaban J connectivity index is 1.69. The fraction of sp³-hybridized carbons (Fsp3) is 0.0870. The lowest BCUT2D eigenvalue weighted by atomic mass is 10.1. The van der Waals surface area contributed by atoms with Crippen LogP contribution >= 0.6 is 0 Å². The molecule has 9 nitrogen and oxygen atoms in total. The number of benzene rings is 3. The van der Waals surface area contributed by atoms with E-state index in [1.165, 1.54) is 22.9 Å². The van der Waals surface area contributed by atoms with Crippen molar-refractivity contribution in [3.05, 3.63) is 99.1 Å². The number of aromatic nitrogens is 2. The summed E-state index contributed by atoms with van der Waals surface area (Å²) in [7, 11) is 1.13. The van der Waals surface area contributed by atoms with Gasteiger partial charge in [0, 0.05) is 17.5 Å². The van der Waals surface area contributed by atoms with Crippen LogP contribution in [0.2, 0.25) is 0 Å². The molecule has 172 valence electrons. The number of anilines is 1. The van der Waals surface area contributed by atoms with E-state index in [9.17, 15) is 28.5 Å². The maximum Gasteiger partial charge on any atom is 0.338 e. The molecule has 1 aromatic heterocycles. The summed E-state index contributed by atoms with van der Waals surface area (Å²) < 4.78 is 33.2. The topological polar surface area (TPSA) is 116 Å². The fourth-order valence-electron chi connectivity index (χ4n) is 3.51. The average molecular weight is 466 g/mol. The predicted octanol–water partition coefficient (Wildman–Crippen LogP) is 4.31. The van der Waals surface area contributed by atoms with Crippen LogP contribution in [0.15, 0.2) is 60.7 Å². The summed E-state index contributed by atoms with van der Waals surface area (Å²) in [6, 6.07) is 13.3. The lowest BCUT2D eigenvalue weighted by Gasteiger charge is -2.06. The number of nitro benzene ring substituents is 1. The fourth-order valence-corrected chi connectivity index (χ4v) is 3.51. The highest BCUT2D eigenvalue weighted by molar-refractivity contribution is 6.10. The minimum absolute atomic E-state index is 0.0129. The molecule has 0 radical (unpaired) electrons. The van der Waals surface area contributed by atoms with E-state index >= 15 is 0 Å². The Morgan fingerprint density at radius 2 is 1.79 bits per heavy atom. The first-order valence-electron chi connectivity index (χ1n) is 9.85. The molecule has 0 aliphatic carbocycles. The van der Waals surface area contributed by atoms with E-state index in [2.05, 4.69) is 15.2 Å². The molecule has 4 rings (SSSR count). The van der Waals surface area contributed by atoms with Gasteiger partial charge in [-0.3, -0.25) is 19.6 Å². The summed E-state index contributed by atoms with van der Waals surface area (Å²) in [5, 5.41) is 18.9. The van der Waals surface area contributed by atoms with Crippen LogP contribution in [0.1, 0.15) is 26.3 Å². The highest BCUT2D eigenvalue weighted by Gasteiger charge is 2.24. The zero-order chi connectivity index (χ0) is 24.4. The van der Waals surface area contributed by atoms with E-state index in [1.54, 1.807) is 24.3 Å². The molecule has 3 aromatic carbocycles. The maximum absolute atomic E-state index is 13.6. The second kappa shape index (κ2) is 9.06. The Labute approximate surface area is 190 Å². The van der Waals surface area contributed by atoms with Gasteiger partial charge in [0.1, 0.15) is 17.2 Å². The van der Waals surface area contributed by atoms with Gasteiger partial charge in [0.25, 0.3) is 11.6 Å². The van der Waals surface area contributed by atoms with Gasteiger partial charge in [-0.05, 0) is 42.0 Å². The normalized spacial score (nSPS) is 10.8. The molecule has 1 heterocycles. The molecule has 0 atom stereocenters. The summed E-state index contributed by atoms with van der Waals surface area (Å²) >= 11 is 0. The molecule has 0 bridgehead atoms. The van der Waals surface area contributed by atoms with E-state index in [-0.39, 0.29) is 23.5 Å². The number of fused-ring (bicyclic) bond motifs is 1. The van der Waals surface area contributed by atoms with Gasteiger partial charge >= 0.3 is 5.97 Å². The van der Waals surface area contributed by atoms with Gasteiger partial charge in [0.15, 0.2) is 5.82 Å². The Morgan fingerprint density at radius 3 is 2.47 bits per heavy atom. The molecular formula is C23H16F2N4O5. The van der Waals surface area contributed by atoms with Crippen molar-refractivity contribution < 1.29 is 28.0 Å².